The minimum absolute atomic E-state index is 0.0766. The predicted octanol–water partition coefficient (Wildman–Crippen LogP) is 19.4. The van der Waals surface area contributed by atoms with Gasteiger partial charge < -0.3 is 14.2 Å². The molecule has 0 aromatic heterocycles. The molecule has 0 amide bonds. The average Bonchev–Trinajstić information content (AvgIpc) is 3.33. The predicted molar refractivity (Wildman–Crippen MR) is 289 cm³/mol. The van der Waals surface area contributed by atoms with E-state index in [0.717, 1.165) is 89.9 Å². The highest BCUT2D eigenvalue weighted by atomic mass is 16.6. The number of allylic oxidation sites excluding steroid dienone is 8. The maximum atomic E-state index is 12.9. The molecular weight excluding hydrogens is 829 g/mol. The topological polar surface area (TPSA) is 78.9 Å². The van der Waals surface area contributed by atoms with E-state index >= 15 is 0 Å². The maximum Gasteiger partial charge on any atom is 0.306 e. The molecule has 0 saturated heterocycles. The zero-order valence-corrected chi connectivity index (χ0v) is 44.7. The van der Waals surface area contributed by atoms with Crippen molar-refractivity contribution in [1.82, 2.24) is 0 Å². The largest absolute Gasteiger partial charge is 0.462 e. The Morgan fingerprint density at radius 2 is 0.582 bits per heavy atom. The number of rotatable bonds is 53. The van der Waals surface area contributed by atoms with Crippen molar-refractivity contribution in [3.8, 4) is 0 Å². The molecular formula is C61H110O6. The molecule has 6 heteroatoms. The van der Waals surface area contributed by atoms with Crippen molar-refractivity contribution in [3.63, 3.8) is 0 Å². The molecule has 0 aromatic rings. The lowest BCUT2D eigenvalue weighted by molar-refractivity contribution is -0.167. The molecule has 67 heavy (non-hydrogen) atoms. The molecule has 0 fully saturated rings. The summed E-state index contributed by atoms with van der Waals surface area (Å²) in [6.45, 7) is 6.54. The van der Waals surface area contributed by atoms with Crippen LogP contribution in [0.5, 0.6) is 0 Å². The normalized spacial score (nSPS) is 12.3. The summed E-state index contributed by atoms with van der Waals surface area (Å²) in [6.07, 6.45) is 68.1. The van der Waals surface area contributed by atoms with Crippen molar-refractivity contribution in [2.75, 3.05) is 13.2 Å². The third-order valence-electron chi connectivity index (χ3n) is 12.8. The molecule has 0 spiro atoms. The van der Waals surface area contributed by atoms with E-state index in [1.165, 1.54) is 173 Å². The molecule has 390 valence electrons. The SMILES string of the molecule is CC/C=C\C/C=C\C/C=C\CCCCCCCCCC(=O)OC(COC(=O)CCCCCCC/C=C\CCCCCCC)COC(=O)CCCCCCCCCCCCCCCCCCCC. The van der Waals surface area contributed by atoms with Gasteiger partial charge in [0.05, 0.1) is 0 Å². The Balaban J connectivity index is 4.36. The van der Waals surface area contributed by atoms with Gasteiger partial charge in [-0.1, -0.05) is 256 Å². The minimum Gasteiger partial charge on any atom is -0.462 e. The van der Waals surface area contributed by atoms with Gasteiger partial charge in [0, 0.05) is 19.3 Å². The van der Waals surface area contributed by atoms with Crippen molar-refractivity contribution in [3.05, 3.63) is 48.6 Å². The third kappa shape index (κ3) is 54.2. The second-order valence-corrected chi connectivity index (χ2v) is 19.5. The Morgan fingerprint density at radius 3 is 0.925 bits per heavy atom. The van der Waals surface area contributed by atoms with E-state index < -0.39 is 6.10 Å². The van der Waals surface area contributed by atoms with Crippen LogP contribution in [0.3, 0.4) is 0 Å². The Hall–Kier alpha value is -2.63. The van der Waals surface area contributed by atoms with Crippen LogP contribution in [0.1, 0.15) is 303 Å². The van der Waals surface area contributed by atoms with Crippen molar-refractivity contribution < 1.29 is 28.6 Å². The Bertz CT molecular complexity index is 1170. The first-order valence-electron chi connectivity index (χ1n) is 29.1. The molecule has 1 unspecified atom stereocenters. The van der Waals surface area contributed by atoms with Gasteiger partial charge in [-0.25, -0.2) is 0 Å². The Morgan fingerprint density at radius 1 is 0.313 bits per heavy atom. The Labute approximate surface area is 416 Å². The smallest absolute Gasteiger partial charge is 0.306 e. The minimum atomic E-state index is -0.780. The lowest BCUT2D eigenvalue weighted by atomic mass is 10.0. The fraction of sp³-hybridized carbons (Fsp3) is 0.820. The van der Waals surface area contributed by atoms with Crippen LogP contribution in [0.15, 0.2) is 48.6 Å². The summed E-state index contributed by atoms with van der Waals surface area (Å²) in [6, 6.07) is 0. The number of hydrogen-bond acceptors (Lipinski definition) is 6. The van der Waals surface area contributed by atoms with Crippen LogP contribution < -0.4 is 0 Å². The van der Waals surface area contributed by atoms with E-state index in [9.17, 15) is 14.4 Å². The molecule has 0 radical (unpaired) electrons. The van der Waals surface area contributed by atoms with Crippen LogP contribution in [0, 0.1) is 0 Å². The monoisotopic (exact) mass is 939 g/mol. The molecule has 0 aliphatic carbocycles. The standard InChI is InChI=1S/C61H110O6/c1-4-7-10-13-16-19-22-25-28-30-32-33-36-39-42-45-48-51-54-60(63)66-57-58(56-65-59(62)53-50-47-44-41-38-35-27-24-21-18-15-12-9-6-3)67-61(64)55-52-49-46-43-40-37-34-31-29-26-23-20-17-14-11-8-5-2/h8,11,17,20,24,26-27,29,58H,4-7,9-10,12-16,18-19,21-23,25,28,30-57H2,1-3H3/b11-8-,20-17-,27-24-,29-26-. The fourth-order valence-electron chi connectivity index (χ4n) is 8.45. The highest BCUT2D eigenvalue weighted by Gasteiger charge is 2.19. The summed E-state index contributed by atoms with van der Waals surface area (Å²) >= 11 is 0. The van der Waals surface area contributed by atoms with Gasteiger partial charge in [0.2, 0.25) is 0 Å². The average molecular weight is 940 g/mol. The van der Waals surface area contributed by atoms with Crippen molar-refractivity contribution in [2.24, 2.45) is 0 Å². The van der Waals surface area contributed by atoms with Gasteiger partial charge in [0.15, 0.2) is 6.10 Å². The lowest BCUT2D eigenvalue weighted by Gasteiger charge is -2.18. The molecule has 0 aliphatic rings. The van der Waals surface area contributed by atoms with E-state index in [4.69, 9.17) is 14.2 Å². The molecule has 0 saturated carbocycles. The van der Waals surface area contributed by atoms with E-state index in [1.807, 2.05) is 0 Å². The first-order valence-corrected chi connectivity index (χ1v) is 29.1. The first-order chi connectivity index (χ1) is 33.0. The van der Waals surface area contributed by atoms with Crippen LogP contribution >= 0.6 is 0 Å². The van der Waals surface area contributed by atoms with Gasteiger partial charge in [0.25, 0.3) is 0 Å². The summed E-state index contributed by atoms with van der Waals surface area (Å²) in [7, 11) is 0. The summed E-state index contributed by atoms with van der Waals surface area (Å²) < 4.78 is 16.9. The summed E-state index contributed by atoms with van der Waals surface area (Å²) in [5.41, 5.74) is 0. The lowest BCUT2D eigenvalue weighted by Crippen LogP contribution is -2.30. The fourth-order valence-corrected chi connectivity index (χ4v) is 8.45. The molecule has 0 bridgehead atoms. The molecule has 0 heterocycles. The number of carbonyl (C=O) groups is 3. The third-order valence-corrected chi connectivity index (χ3v) is 12.8. The second kappa shape index (κ2) is 56.0. The van der Waals surface area contributed by atoms with Crippen LogP contribution in [-0.4, -0.2) is 37.2 Å². The van der Waals surface area contributed by atoms with E-state index in [2.05, 4.69) is 69.4 Å². The van der Waals surface area contributed by atoms with Gasteiger partial charge >= 0.3 is 17.9 Å². The molecule has 0 rings (SSSR count). The number of hydrogen-bond donors (Lipinski definition) is 0. The highest BCUT2D eigenvalue weighted by molar-refractivity contribution is 5.71. The second-order valence-electron chi connectivity index (χ2n) is 19.5. The van der Waals surface area contributed by atoms with Crippen LogP contribution in [-0.2, 0) is 28.6 Å². The molecule has 1 atom stereocenters. The summed E-state index contributed by atoms with van der Waals surface area (Å²) in [5.74, 6) is -0.880. The van der Waals surface area contributed by atoms with Crippen molar-refractivity contribution >= 4 is 17.9 Å². The zero-order valence-electron chi connectivity index (χ0n) is 44.7. The molecule has 6 nitrogen and oxygen atoms in total. The number of unbranched alkanes of at least 4 members (excludes halogenated alkanes) is 34. The molecule has 0 aliphatic heterocycles. The quantitative estimate of drug-likeness (QED) is 0.0262. The number of esters is 3. The number of ether oxygens (including phenoxy) is 3. The maximum absolute atomic E-state index is 12.9. The van der Waals surface area contributed by atoms with Gasteiger partial charge in [-0.05, 0) is 77.0 Å². The van der Waals surface area contributed by atoms with E-state index in [1.54, 1.807) is 0 Å². The van der Waals surface area contributed by atoms with Crippen LogP contribution in [0.2, 0.25) is 0 Å². The van der Waals surface area contributed by atoms with Crippen molar-refractivity contribution in [1.29, 1.82) is 0 Å². The van der Waals surface area contributed by atoms with Crippen molar-refractivity contribution in [2.45, 2.75) is 309 Å². The van der Waals surface area contributed by atoms with Gasteiger partial charge in [-0.3, -0.25) is 14.4 Å². The van der Waals surface area contributed by atoms with Crippen LogP contribution in [0.25, 0.3) is 0 Å². The van der Waals surface area contributed by atoms with Gasteiger partial charge in [-0.15, -0.1) is 0 Å². The van der Waals surface area contributed by atoms with Gasteiger partial charge in [0.1, 0.15) is 13.2 Å². The summed E-state index contributed by atoms with van der Waals surface area (Å²) in [5, 5.41) is 0. The highest BCUT2D eigenvalue weighted by Crippen LogP contribution is 2.16. The van der Waals surface area contributed by atoms with Gasteiger partial charge in [-0.2, -0.15) is 0 Å². The molecule has 0 aromatic carbocycles. The number of carbonyl (C=O) groups excluding carboxylic acids is 3. The summed E-state index contributed by atoms with van der Waals surface area (Å²) in [4.78, 5) is 38.2. The van der Waals surface area contributed by atoms with E-state index in [0.29, 0.717) is 19.3 Å². The first kappa shape index (κ1) is 64.4. The zero-order chi connectivity index (χ0) is 48.6. The van der Waals surface area contributed by atoms with Crippen LogP contribution in [0.4, 0.5) is 0 Å². The van der Waals surface area contributed by atoms with E-state index in [-0.39, 0.29) is 31.1 Å². The molecule has 0 N–H and O–H groups in total. The Kier molecular flexibility index (Phi) is 53.8.